The third kappa shape index (κ3) is 3.08. The molecule has 94 valence electrons. The topological polar surface area (TPSA) is 38.1 Å². The Morgan fingerprint density at radius 2 is 2.00 bits per heavy atom. The van der Waals surface area contributed by atoms with Gasteiger partial charge >= 0.3 is 0 Å². The number of likely N-dealkylation sites (tertiary alicyclic amines) is 1. The summed E-state index contributed by atoms with van der Waals surface area (Å²) in [5.74, 6) is 1.23. The Bertz CT molecular complexity index is 364. The number of hydrogen-bond donors (Lipinski definition) is 0. The molecule has 0 aliphatic carbocycles. The number of rotatable bonds is 3. The highest BCUT2D eigenvalue weighted by molar-refractivity contribution is 5.76. The molecule has 0 atom stereocenters. The number of aryl methyl sites for hydroxylation is 1. The molecule has 0 N–H and O–H groups in total. The predicted molar refractivity (Wildman–Crippen MR) is 66.7 cm³/mol. The van der Waals surface area contributed by atoms with Gasteiger partial charge in [0.2, 0.25) is 5.91 Å². The van der Waals surface area contributed by atoms with Crippen molar-refractivity contribution in [3.05, 3.63) is 18.2 Å². The molecule has 1 aliphatic heterocycles. The monoisotopic (exact) mass is 235 g/mol. The molecule has 0 unspecified atom stereocenters. The minimum Gasteiger partial charge on any atom is -0.341 e. The average Bonchev–Trinajstić information content (AvgIpc) is 2.62. The molecule has 0 radical (unpaired) electrons. The van der Waals surface area contributed by atoms with Crippen molar-refractivity contribution in [3.8, 4) is 0 Å². The van der Waals surface area contributed by atoms with Crippen molar-refractivity contribution in [2.75, 3.05) is 13.1 Å². The second kappa shape index (κ2) is 5.84. The van der Waals surface area contributed by atoms with E-state index in [2.05, 4.69) is 11.9 Å². The van der Waals surface area contributed by atoms with Gasteiger partial charge in [0.15, 0.2) is 0 Å². The van der Waals surface area contributed by atoms with E-state index < -0.39 is 0 Å². The lowest BCUT2D eigenvalue weighted by molar-refractivity contribution is -0.131. The Morgan fingerprint density at radius 1 is 1.29 bits per heavy atom. The van der Waals surface area contributed by atoms with Gasteiger partial charge in [-0.25, -0.2) is 4.98 Å². The van der Waals surface area contributed by atoms with Crippen LogP contribution in [0.2, 0.25) is 0 Å². The van der Waals surface area contributed by atoms with Gasteiger partial charge in [0.25, 0.3) is 0 Å². The van der Waals surface area contributed by atoms with Crippen LogP contribution < -0.4 is 0 Å². The van der Waals surface area contributed by atoms with Crippen LogP contribution in [-0.2, 0) is 17.8 Å². The molecule has 1 aromatic heterocycles. The molecule has 4 nitrogen and oxygen atoms in total. The zero-order valence-electron chi connectivity index (χ0n) is 10.6. The largest absolute Gasteiger partial charge is 0.341 e. The van der Waals surface area contributed by atoms with Gasteiger partial charge in [-0.1, -0.05) is 19.8 Å². The second-order valence-electron chi connectivity index (χ2n) is 4.62. The fraction of sp³-hybridized carbons (Fsp3) is 0.692. The summed E-state index contributed by atoms with van der Waals surface area (Å²) in [4.78, 5) is 18.4. The van der Waals surface area contributed by atoms with Crippen LogP contribution in [0.3, 0.4) is 0 Å². The third-order valence-electron chi connectivity index (χ3n) is 3.38. The van der Waals surface area contributed by atoms with Crippen LogP contribution in [0.5, 0.6) is 0 Å². The number of imidazole rings is 1. The fourth-order valence-corrected chi connectivity index (χ4v) is 2.36. The van der Waals surface area contributed by atoms with E-state index >= 15 is 0 Å². The maximum absolute atomic E-state index is 12.2. The number of aromatic nitrogens is 2. The van der Waals surface area contributed by atoms with Gasteiger partial charge < -0.3 is 9.47 Å². The first-order valence-corrected chi connectivity index (χ1v) is 6.59. The zero-order valence-corrected chi connectivity index (χ0v) is 10.6. The molecule has 1 aliphatic rings. The Balaban J connectivity index is 1.95. The van der Waals surface area contributed by atoms with E-state index in [1.807, 2.05) is 15.7 Å². The first-order chi connectivity index (χ1) is 8.31. The zero-order chi connectivity index (χ0) is 12.1. The summed E-state index contributed by atoms with van der Waals surface area (Å²) in [6.45, 7) is 4.36. The summed E-state index contributed by atoms with van der Waals surface area (Å²) >= 11 is 0. The smallest absolute Gasteiger partial charge is 0.242 e. The van der Waals surface area contributed by atoms with Gasteiger partial charge in [-0.15, -0.1) is 0 Å². The molecular weight excluding hydrogens is 214 g/mol. The summed E-state index contributed by atoms with van der Waals surface area (Å²) in [6, 6.07) is 0. The summed E-state index contributed by atoms with van der Waals surface area (Å²) in [5.41, 5.74) is 0. The molecule has 1 amide bonds. The van der Waals surface area contributed by atoms with Gasteiger partial charge in [0, 0.05) is 31.9 Å². The van der Waals surface area contributed by atoms with Crippen LogP contribution >= 0.6 is 0 Å². The molecule has 0 bridgehead atoms. The lowest BCUT2D eigenvalue weighted by atomic mass is 10.2. The highest BCUT2D eigenvalue weighted by atomic mass is 16.2. The van der Waals surface area contributed by atoms with Crippen LogP contribution in [0.25, 0.3) is 0 Å². The Labute approximate surface area is 103 Å². The number of amides is 1. The van der Waals surface area contributed by atoms with E-state index in [4.69, 9.17) is 0 Å². The molecule has 4 heteroatoms. The Hall–Kier alpha value is -1.32. The van der Waals surface area contributed by atoms with Crippen molar-refractivity contribution in [1.29, 1.82) is 0 Å². The number of nitrogens with zero attached hydrogens (tertiary/aromatic N) is 3. The maximum Gasteiger partial charge on any atom is 0.242 e. The van der Waals surface area contributed by atoms with Gasteiger partial charge in [-0.3, -0.25) is 4.79 Å². The highest BCUT2D eigenvalue weighted by Crippen LogP contribution is 2.10. The van der Waals surface area contributed by atoms with Crippen LogP contribution in [0, 0.1) is 0 Å². The molecule has 17 heavy (non-hydrogen) atoms. The number of carbonyl (C=O) groups is 1. The Morgan fingerprint density at radius 3 is 2.65 bits per heavy atom. The minimum absolute atomic E-state index is 0.236. The van der Waals surface area contributed by atoms with Crippen LogP contribution in [0.1, 0.15) is 38.4 Å². The molecule has 1 aromatic rings. The Kier molecular flexibility index (Phi) is 4.18. The van der Waals surface area contributed by atoms with Gasteiger partial charge in [-0.05, 0) is 12.8 Å². The summed E-state index contributed by atoms with van der Waals surface area (Å²) in [7, 11) is 0. The third-order valence-corrected chi connectivity index (χ3v) is 3.38. The van der Waals surface area contributed by atoms with Crippen molar-refractivity contribution in [2.45, 2.75) is 45.6 Å². The van der Waals surface area contributed by atoms with E-state index in [0.717, 1.165) is 38.2 Å². The number of hydrogen-bond acceptors (Lipinski definition) is 2. The normalized spacial score (nSPS) is 16.9. The highest BCUT2D eigenvalue weighted by Gasteiger charge is 2.16. The molecule has 0 saturated carbocycles. The van der Waals surface area contributed by atoms with Gasteiger partial charge in [-0.2, -0.15) is 0 Å². The van der Waals surface area contributed by atoms with Crippen LogP contribution in [-0.4, -0.2) is 33.4 Å². The van der Waals surface area contributed by atoms with Gasteiger partial charge in [0.1, 0.15) is 12.4 Å². The van der Waals surface area contributed by atoms with Crippen molar-refractivity contribution >= 4 is 5.91 Å². The predicted octanol–water partition coefficient (Wildman–Crippen LogP) is 1.85. The van der Waals surface area contributed by atoms with E-state index in [1.54, 1.807) is 6.20 Å². The van der Waals surface area contributed by atoms with E-state index in [-0.39, 0.29) is 5.91 Å². The molecule has 2 heterocycles. The molecular formula is C13H21N3O. The maximum atomic E-state index is 12.2. The summed E-state index contributed by atoms with van der Waals surface area (Å²) < 4.78 is 1.97. The van der Waals surface area contributed by atoms with Crippen molar-refractivity contribution in [2.24, 2.45) is 0 Å². The van der Waals surface area contributed by atoms with E-state index in [0.29, 0.717) is 6.54 Å². The summed E-state index contributed by atoms with van der Waals surface area (Å²) in [6.07, 6.45) is 9.36. The number of carbonyl (C=O) groups excluding carboxylic acids is 1. The standard InChI is InChI=1S/C13H21N3O/c1-2-12-14-7-10-16(12)11-13(17)15-8-5-3-4-6-9-15/h7,10H,2-6,8-9,11H2,1H3. The fourth-order valence-electron chi connectivity index (χ4n) is 2.36. The lowest BCUT2D eigenvalue weighted by Gasteiger charge is -2.20. The molecule has 0 spiro atoms. The van der Waals surface area contributed by atoms with Crippen LogP contribution in [0.15, 0.2) is 12.4 Å². The first kappa shape index (κ1) is 12.1. The van der Waals surface area contributed by atoms with Crippen molar-refractivity contribution in [1.82, 2.24) is 14.5 Å². The lowest BCUT2D eigenvalue weighted by Crippen LogP contribution is -2.34. The first-order valence-electron chi connectivity index (χ1n) is 6.59. The quantitative estimate of drug-likeness (QED) is 0.802. The molecule has 0 aromatic carbocycles. The van der Waals surface area contributed by atoms with Crippen molar-refractivity contribution in [3.63, 3.8) is 0 Å². The summed E-state index contributed by atoms with van der Waals surface area (Å²) in [5, 5.41) is 0. The second-order valence-corrected chi connectivity index (χ2v) is 4.62. The molecule has 1 saturated heterocycles. The van der Waals surface area contributed by atoms with E-state index in [9.17, 15) is 4.79 Å². The molecule has 1 fully saturated rings. The van der Waals surface area contributed by atoms with Gasteiger partial charge in [0.05, 0.1) is 0 Å². The van der Waals surface area contributed by atoms with E-state index in [1.165, 1.54) is 12.8 Å². The average molecular weight is 235 g/mol. The SMILES string of the molecule is CCc1nccn1CC(=O)N1CCCCCC1. The van der Waals surface area contributed by atoms with Crippen LogP contribution in [0.4, 0.5) is 0 Å². The minimum atomic E-state index is 0.236. The molecule has 2 rings (SSSR count). The van der Waals surface area contributed by atoms with Crippen molar-refractivity contribution < 1.29 is 4.79 Å².